The summed E-state index contributed by atoms with van der Waals surface area (Å²) in [7, 11) is 0. The van der Waals surface area contributed by atoms with Crippen molar-refractivity contribution in [2.24, 2.45) is 0 Å². The molecule has 0 aliphatic carbocycles. The van der Waals surface area contributed by atoms with Crippen molar-refractivity contribution in [2.45, 2.75) is 18.8 Å². The van der Waals surface area contributed by atoms with Gasteiger partial charge < -0.3 is 5.32 Å². The Morgan fingerprint density at radius 3 is 2.34 bits per heavy atom. The summed E-state index contributed by atoms with van der Waals surface area (Å²) in [6.45, 7) is 3.87. The second-order valence-corrected chi connectivity index (χ2v) is 7.79. The third kappa shape index (κ3) is 4.52. The van der Waals surface area contributed by atoms with Crippen LogP contribution in [0, 0.1) is 0 Å². The number of allylic oxidation sites excluding steroid dienone is 1. The summed E-state index contributed by atoms with van der Waals surface area (Å²) >= 11 is 0. The maximum Gasteiger partial charge on any atom is 0.232 e. The van der Waals surface area contributed by atoms with Gasteiger partial charge in [0.25, 0.3) is 0 Å². The molecule has 4 aromatic carbocycles. The van der Waals surface area contributed by atoms with Crippen LogP contribution < -0.4 is 5.32 Å². The molecule has 0 aliphatic rings. The summed E-state index contributed by atoms with van der Waals surface area (Å²) in [6, 6.07) is 29.4. The van der Waals surface area contributed by atoms with E-state index >= 15 is 0 Å². The fourth-order valence-corrected chi connectivity index (χ4v) is 4.13. The lowest BCUT2D eigenvalue weighted by Crippen LogP contribution is -2.22. The van der Waals surface area contributed by atoms with Crippen LogP contribution in [-0.2, 0) is 11.2 Å². The smallest absolute Gasteiger partial charge is 0.232 e. The molecule has 0 saturated carbocycles. The first-order chi connectivity index (χ1) is 15.7. The molecule has 158 valence electrons. The molecule has 0 aliphatic heterocycles. The van der Waals surface area contributed by atoms with Crippen molar-refractivity contribution in [3.63, 3.8) is 0 Å². The Bertz CT molecular complexity index is 1270. The number of carbonyl (C=O) groups excluding carboxylic acids is 2. The lowest BCUT2D eigenvalue weighted by atomic mass is 9.90. The number of benzene rings is 4. The molecule has 0 spiro atoms. The normalized spacial score (nSPS) is 11.6. The fraction of sp³-hybridized carbons (Fsp3) is 0.103. The van der Waals surface area contributed by atoms with Crippen LogP contribution in [0.3, 0.4) is 0 Å². The SMILES string of the molecule is C=CCC(C(=O)Nc1ccccc1Cc1ccccc1C=O)c1cccc2ccccc12. The van der Waals surface area contributed by atoms with Crippen molar-refractivity contribution < 1.29 is 9.59 Å². The van der Waals surface area contributed by atoms with Crippen molar-refractivity contribution in [1.29, 1.82) is 0 Å². The summed E-state index contributed by atoms with van der Waals surface area (Å²) in [4.78, 5) is 24.9. The first-order valence-electron chi connectivity index (χ1n) is 10.7. The Hall–Kier alpha value is -3.98. The van der Waals surface area contributed by atoms with E-state index in [1.807, 2.05) is 72.8 Å². The number of para-hydroxylation sites is 1. The van der Waals surface area contributed by atoms with Crippen molar-refractivity contribution in [1.82, 2.24) is 0 Å². The van der Waals surface area contributed by atoms with Crippen molar-refractivity contribution in [2.75, 3.05) is 5.32 Å². The molecule has 0 bridgehead atoms. The highest BCUT2D eigenvalue weighted by Crippen LogP contribution is 2.30. The van der Waals surface area contributed by atoms with Gasteiger partial charge in [0.1, 0.15) is 6.29 Å². The van der Waals surface area contributed by atoms with Crippen molar-refractivity contribution >= 4 is 28.7 Å². The van der Waals surface area contributed by atoms with Gasteiger partial charge in [0, 0.05) is 17.7 Å². The van der Waals surface area contributed by atoms with Gasteiger partial charge in [-0.2, -0.15) is 0 Å². The van der Waals surface area contributed by atoms with Gasteiger partial charge in [-0.25, -0.2) is 0 Å². The number of amides is 1. The third-order valence-electron chi connectivity index (χ3n) is 5.76. The number of hydrogen-bond donors (Lipinski definition) is 1. The van der Waals surface area contributed by atoms with E-state index in [-0.39, 0.29) is 11.8 Å². The minimum absolute atomic E-state index is 0.0719. The van der Waals surface area contributed by atoms with Gasteiger partial charge in [0.2, 0.25) is 5.91 Å². The van der Waals surface area contributed by atoms with E-state index in [9.17, 15) is 9.59 Å². The molecule has 1 atom stereocenters. The van der Waals surface area contributed by atoms with E-state index < -0.39 is 0 Å². The highest BCUT2D eigenvalue weighted by molar-refractivity contribution is 6.00. The standard InChI is InChI=1S/C29H25NO2/c1-2-10-27(26-17-9-15-21-11-5-7-16-25(21)26)29(32)30-28-18-8-6-13-23(28)19-22-12-3-4-14-24(22)20-31/h2-9,11-18,20,27H,1,10,19H2,(H,30,32). The maximum atomic E-state index is 13.5. The first-order valence-corrected chi connectivity index (χ1v) is 10.7. The molecular formula is C29H25NO2. The molecule has 4 aromatic rings. The molecule has 0 saturated heterocycles. The van der Waals surface area contributed by atoms with E-state index in [4.69, 9.17) is 0 Å². The number of anilines is 1. The maximum absolute atomic E-state index is 13.5. The Labute approximate surface area is 188 Å². The molecule has 3 heteroatoms. The van der Waals surface area contributed by atoms with E-state index in [0.717, 1.165) is 39.4 Å². The highest BCUT2D eigenvalue weighted by atomic mass is 16.1. The van der Waals surface area contributed by atoms with Crippen molar-refractivity contribution in [3.05, 3.63) is 126 Å². The zero-order valence-corrected chi connectivity index (χ0v) is 17.8. The third-order valence-corrected chi connectivity index (χ3v) is 5.76. The average molecular weight is 420 g/mol. The fourth-order valence-electron chi connectivity index (χ4n) is 4.13. The predicted molar refractivity (Wildman–Crippen MR) is 131 cm³/mol. The van der Waals surface area contributed by atoms with Crippen LogP contribution in [0.2, 0.25) is 0 Å². The number of carbonyl (C=O) groups is 2. The number of fused-ring (bicyclic) bond motifs is 1. The van der Waals surface area contributed by atoms with Crippen LogP contribution in [0.5, 0.6) is 0 Å². The van der Waals surface area contributed by atoms with Gasteiger partial charge in [-0.15, -0.1) is 6.58 Å². The van der Waals surface area contributed by atoms with Gasteiger partial charge >= 0.3 is 0 Å². The van der Waals surface area contributed by atoms with E-state index in [1.165, 1.54) is 0 Å². The first kappa shape index (κ1) is 21.3. The van der Waals surface area contributed by atoms with E-state index in [2.05, 4.69) is 30.1 Å². The minimum atomic E-state index is -0.353. The number of aldehydes is 1. The van der Waals surface area contributed by atoms with Gasteiger partial charge in [0.15, 0.2) is 0 Å². The summed E-state index contributed by atoms with van der Waals surface area (Å²) < 4.78 is 0. The minimum Gasteiger partial charge on any atom is -0.325 e. The van der Waals surface area contributed by atoms with Crippen LogP contribution in [-0.4, -0.2) is 12.2 Å². The summed E-state index contributed by atoms with van der Waals surface area (Å²) in [5.74, 6) is -0.425. The molecule has 0 radical (unpaired) electrons. The summed E-state index contributed by atoms with van der Waals surface area (Å²) in [5.41, 5.74) is 4.30. The molecule has 0 aromatic heterocycles. The topological polar surface area (TPSA) is 46.2 Å². The molecule has 4 rings (SSSR count). The largest absolute Gasteiger partial charge is 0.325 e. The molecule has 3 nitrogen and oxygen atoms in total. The molecule has 1 unspecified atom stereocenters. The van der Waals surface area contributed by atoms with Gasteiger partial charge in [0.05, 0.1) is 5.92 Å². The highest BCUT2D eigenvalue weighted by Gasteiger charge is 2.22. The lowest BCUT2D eigenvalue weighted by molar-refractivity contribution is -0.117. The van der Waals surface area contributed by atoms with Crippen LogP contribution >= 0.6 is 0 Å². The van der Waals surface area contributed by atoms with E-state index in [0.29, 0.717) is 18.4 Å². The number of nitrogens with one attached hydrogen (secondary N) is 1. The zero-order chi connectivity index (χ0) is 22.3. The summed E-state index contributed by atoms with van der Waals surface area (Å²) in [6.07, 6.45) is 3.76. The monoisotopic (exact) mass is 419 g/mol. The van der Waals surface area contributed by atoms with Crippen LogP contribution in [0.4, 0.5) is 5.69 Å². The van der Waals surface area contributed by atoms with Crippen LogP contribution in [0.25, 0.3) is 10.8 Å². The Kier molecular flexibility index (Phi) is 6.57. The molecular weight excluding hydrogens is 394 g/mol. The molecule has 0 heterocycles. The molecule has 1 amide bonds. The molecule has 0 fully saturated rings. The van der Waals surface area contributed by atoms with Gasteiger partial charge in [-0.05, 0) is 39.9 Å². The van der Waals surface area contributed by atoms with Gasteiger partial charge in [-0.3, -0.25) is 9.59 Å². The second kappa shape index (κ2) is 9.88. The zero-order valence-electron chi connectivity index (χ0n) is 17.8. The average Bonchev–Trinajstić information content (AvgIpc) is 2.84. The number of rotatable bonds is 8. The Morgan fingerprint density at radius 1 is 0.844 bits per heavy atom. The van der Waals surface area contributed by atoms with Gasteiger partial charge in [-0.1, -0.05) is 91.0 Å². The second-order valence-electron chi connectivity index (χ2n) is 7.79. The Morgan fingerprint density at radius 2 is 1.53 bits per heavy atom. The quantitative estimate of drug-likeness (QED) is 0.260. The van der Waals surface area contributed by atoms with Crippen LogP contribution in [0.15, 0.2) is 104 Å². The van der Waals surface area contributed by atoms with Crippen LogP contribution in [0.1, 0.15) is 39.4 Å². The Balaban J connectivity index is 1.65. The lowest BCUT2D eigenvalue weighted by Gasteiger charge is -2.19. The molecule has 1 N–H and O–H groups in total. The molecule has 32 heavy (non-hydrogen) atoms. The predicted octanol–water partition coefficient (Wildman–Crippen LogP) is 6.54. The van der Waals surface area contributed by atoms with Crippen molar-refractivity contribution in [3.8, 4) is 0 Å². The van der Waals surface area contributed by atoms with E-state index in [1.54, 1.807) is 6.08 Å². The summed E-state index contributed by atoms with van der Waals surface area (Å²) in [5, 5.41) is 5.32. The number of hydrogen-bond acceptors (Lipinski definition) is 2.